The highest BCUT2D eigenvalue weighted by Crippen LogP contribution is 2.30. The van der Waals surface area contributed by atoms with E-state index in [0.29, 0.717) is 0 Å². The third kappa shape index (κ3) is 2.19. The lowest BCUT2D eigenvalue weighted by Crippen LogP contribution is -2.26. The van der Waals surface area contributed by atoms with Gasteiger partial charge in [-0.1, -0.05) is 23.2 Å². The van der Waals surface area contributed by atoms with Gasteiger partial charge in [-0.3, -0.25) is 0 Å². The number of benzene rings is 1. The van der Waals surface area contributed by atoms with E-state index in [2.05, 4.69) is 4.90 Å². The van der Waals surface area contributed by atoms with Gasteiger partial charge in [0, 0.05) is 24.8 Å². The SMILES string of the molecule is NC1CCN(c2cc(Cl)c(F)c(Cl)c2)C1. The predicted molar refractivity (Wildman–Crippen MR) is 61.2 cm³/mol. The van der Waals surface area contributed by atoms with Gasteiger partial charge in [-0.2, -0.15) is 0 Å². The first-order chi connectivity index (χ1) is 7.08. The van der Waals surface area contributed by atoms with Crippen LogP contribution in [0.2, 0.25) is 10.0 Å². The first-order valence-electron chi connectivity index (χ1n) is 4.73. The Morgan fingerprint density at radius 2 is 1.93 bits per heavy atom. The highest BCUT2D eigenvalue weighted by Gasteiger charge is 2.20. The third-order valence-electron chi connectivity index (χ3n) is 2.56. The Balaban J connectivity index is 2.29. The molecule has 0 spiro atoms. The van der Waals surface area contributed by atoms with E-state index in [-0.39, 0.29) is 16.1 Å². The summed E-state index contributed by atoms with van der Waals surface area (Å²) in [5.74, 6) is -0.564. The van der Waals surface area contributed by atoms with Crippen LogP contribution >= 0.6 is 23.2 Å². The van der Waals surface area contributed by atoms with Gasteiger partial charge in [0.15, 0.2) is 5.82 Å². The lowest BCUT2D eigenvalue weighted by atomic mass is 10.3. The first kappa shape index (κ1) is 11.0. The fourth-order valence-corrected chi connectivity index (χ4v) is 2.22. The number of nitrogens with zero attached hydrogens (tertiary/aromatic N) is 1. The summed E-state index contributed by atoms with van der Waals surface area (Å²) in [6, 6.07) is 3.34. The summed E-state index contributed by atoms with van der Waals surface area (Å²) in [6.07, 6.45) is 0.937. The predicted octanol–water partition coefficient (Wildman–Crippen LogP) is 2.67. The lowest BCUT2D eigenvalue weighted by Gasteiger charge is -2.18. The van der Waals surface area contributed by atoms with Crippen molar-refractivity contribution < 1.29 is 4.39 Å². The molecule has 2 rings (SSSR count). The second kappa shape index (κ2) is 4.16. The average Bonchev–Trinajstić information content (AvgIpc) is 2.60. The number of hydrogen-bond donors (Lipinski definition) is 1. The Bertz CT molecular complexity index is 361. The topological polar surface area (TPSA) is 29.3 Å². The van der Waals surface area contributed by atoms with Crippen LogP contribution in [0.3, 0.4) is 0 Å². The van der Waals surface area contributed by atoms with Gasteiger partial charge in [-0.25, -0.2) is 4.39 Å². The lowest BCUT2D eigenvalue weighted by molar-refractivity contribution is 0.628. The second-order valence-electron chi connectivity index (χ2n) is 3.72. The van der Waals surface area contributed by atoms with Crippen molar-refractivity contribution in [2.24, 2.45) is 5.73 Å². The van der Waals surface area contributed by atoms with Crippen LogP contribution in [-0.2, 0) is 0 Å². The van der Waals surface area contributed by atoms with Crippen molar-refractivity contribution in [1.82, 2.24) is 0 Å². The molecule has 15 heavy (non-hydrogen) atoms. The Labute approximate surface area is 97.8 Å². The molecule has 1 fully saturated rings. The van der Waals surface area contributed by atoms with Crippen LogP contribution in [0.1, 0.15) is 6.42 Å². The first-order valence-corrected chi connectivity index (χ1v) is 5.48. The molecule has 2 nitrogen and oxygen atoms in total. The van der Waals surface area contributed by atoms with Crippen molar-refractivity contribution in [3.63, 3.8) is 0 Å². The molecule has 82 valence electrons. The van der Waals surface area contributed by atoms with E-state index in [0.717, 1.165) is 25.2 Å². The molecule has 0 aromatic heterocycles. The molecule has 1 unspecified atom stereocenters. The normalized spacial score (nSPS) is 21.1. The smallest absolute Gasteiger partial charge is 0.160 e. The summed E-state index contributed by atoms with van der Waals surface area (Å²) in [7, 11) is 0. The van der Waals surface area contributed by atoms with E-state index in [9.17, 15) is 4.39 Å². The van der Waals surface area contributed by atoms with Crippen molar-refractivity contribution in [2.45, 2.75) is 12.5 Å². The zero-order valence-electron chi connectivity index (χ0n) is 8.01. The Morgan fingerprint density at radius 3 is 2.40 bits per heavy atom. The quantitative estimate of drug-likeness (QED) is 0.775. The van der Waals surface area contributed by atoms with Crippen LogP contribution in [0, 0.1) is 5.82 Å². The molecular formula is C10H11Cl2FN2. The van der Waals surface area contributed by atoms with Crippen LogP contribution < -0.4 is 10.6 Å². The van der Waals surface area contributed by atoms with Gasteiger partial charge >= 0.3 is 0 Å². The number of nitrogens with two attached hydrogens (primary N) is 1. The van der Waals surface area contributed by atoms with Crippen LogP contribution in [0.25, 0.3) is 0 Å². The van der Waals surface area contributed by atoms with Crippen molar-refractivity contribution in [3.8, 4) is 0 Å². The maximum atomic E-state index is 13.2. The van der Waals surface area contributed by atoms with Gasteiger partial charge in [0.05, 0.1) is 10.0 Å². The number of rotatable bonds is 1. The highest BCUT2D eigenvalue weighted by atomic mass is 35.5. The molecule has 1 aliphatic heterocycles. The molecular weight excluding hydrogens is 238 g/mol. The zero-order chi connectivity index (χ0) is 11.0. The molecule has 1 atom stereocenters. The van der Waals surface area contributed by atoms with E-state index < -0.39 is 5.82 Å². The van der Waals surface area contributed by atoms with E-state index in [1.807, 2.05) is 0 Å². The van der Waals surface area contributed by atoms with E-state index in [1.165, 1.54) is 0 Å². The van der Waals surface area contributed by atoms with E-state index in [1.54, 1.807) is 12.1 Å². The van der Waals surface area contributed by atoms with Crippen molar-refractivity contribution in [2.75, 3.05) is 18.0 Å². The maximum absolute atomic E-state index is 13.2. The van der Waals surface area contributed by atoms with Crippen molar-refractivity contribution in [3.05, 3.63) is 28.0 Å². The van der Waals surface area contributed by atoms with Gasteiger partial charge in [-0.05, 0) is 18.6 Å². The molecule has 1 saturated heterocycles. The zero-order valence-corrected chi connectivity index (χ0v) is 9.52. The molecule has 1 aliphatic rings. The molecule has 1 heterocycles. The molecule has 0 saturated carbocycles. The summed E-state index contributed by atoms with van der Waals surface area (Å²) in [4.78, 5) is 2.06. The Hall–Kier alpha value is -0.510. The summed E-state index contributed by atoms with van der Waals surface area (Å²) in [6.45, 7) is 1.62. The number of anilines is 1. The summed E-state index contributed by atoms with van der Waals surface area (Å²) < 4.78 is 13.2. The summed E-state index contributed by atoms with van der Waals surface area (Å²) >= 11 is 11.4. The van der Waals surface area contributed by atoms with Crippen molar-refractivity contribution in [1.29, 1.82) is 0 Å². The van der Waals surface area contributed by atoms with Crippen LogP contribution in [0.4, 0.5) is 10.1 Å². The molecule has 2 N–H and O–H groups in total. The van der Waals surface area contributed by atoms with E-state index in [4.69, 9.17) is 28.9 Å². The van der Waals surface area contributed by atoms with Crippen molar-refractivity contribution >= 4 is 28.9 Å². The fourth-order valence-electron chi connectivity index (χ4n) is 1.75. The fraction of sp³-hybridized carbons (Fsp3) is 0.400. The molecule has 0 radical (unpaired) electrons. The van der Waals surface area contributed by atoms with Gasteiger partial charge in [0.2, 0.25) is 0 Å². The Morgan fingerprint density at radius 1 is 1.33 bits per heavy atom. The molecule has 1 aromatic carbocycles. The molecule has 1 aromatic rings. The monoisotopic (exact) mass is 248 g/mol. The number of halogens is 3. The highest BCUT2D eigenvalue weighted by molar-refractivity contribution is 6.35. The maximum Gasteiger partial charge on any atom is 0.160 e. The molecule has 0 bridgehead atoms. The minimum atomic E-state index is -0.564. The summed E-state index contributed by atoms with van der Waals surface area (Å²) in [5, 5.41) is 0.107. The molecule has 0 aliphatic carbocycles. The van der Waals surface area contributed by atoms with E-state index >= 15 is 0 Å². The minimum absolute atomic E-state index is 0.0537. The largest absolute Gasteiger partial charge is 0.370 e. The molecule has 0 amide bonds. The molecule has 5 heteroatoms. The third-order valence-corrected chi connectivity index (χ3v) is 3.11. The van der Waals surface area contributed by atoms with Gasteiger partial charge in [0.25, 0.3) is 0 Å². The standard InChI is InChI=1S/C10H11Cl2FN2/c11-8-3-7(4-9(12)10(8)13)15-2-1-6(14)5-15/h3-4,6H,1-2,5,14H2. The average molecular weight is 249 g/mol. The van der Waals surface area contributed by atoms with Gasteiger partial charge in [0.1, 0.15) is 0 Å². The minimum Gasteiger partial charge on any atom is -0.370 e. The van der Waals surface area contributed by atoms with Gasteiger partial charge in [-0.15, -0.1) is 0 Å². The number of hydrogen-bond acceptors (Lipinski definition) is 2. The van der Waals surface area contributed by atoms with Crippen LogP contribution in [-0.4, -0.2) is 19.1 Å². The second-order valence-corrected chi connectivity index (χ2v) is 4.53. The van der Waals surface area contributed by atoms with Crippen LogP contribution in [0.5, 0.6) is 0 Å². The Kier molecular flexibility index (Phi) is 3.05. The summed E-state index contributed by atoms with van der Waals surface area (Å²) in [5.41, 5.74) is 6.62. The van der Waals surface area contributed by atoms with Crippen LogP contribution in [0.15, 0.2) is 12.1 Å². The van der Waals surface area contributed by atoms with Gasteiger partial charge < -0.3 is 10.6 Å².